The van der Waals surface area contributed by atoms with Crippen molar-refractivity contribution in [2.75, 3.05) is 19.7 Å². The van der Waals surface area contributed by atoms with Gasteiger partial charge in [-0.05, 0) is 44.0 Å². The summed E-state index contributed by atoms with van der Waals surface area (Å²) in [7, 11) is 0. The molecular weight excluding hydrogens is 364 g/mol. The lowest BCUT2D eigenvalue weighted by molar-refractivity contribution is -0.152. The molecule has 1 saturated heterocycles. The Labute approximate surface area is 143 Å². The number of likely N-dealkylation sites (tertiary alicyclic amines) is 1. The summed E-state index contributed by atoms with van der Waals surface area (Å²) in [5.41, 5.74) is 0.445. The number of nitrogens with one attached hydrogen (secondary N) is 1. The molecule has 0 spiro atoms. The van der Waals surface area contributed by atoms with Gasteiger partial charge in [0.15, 0.2) is 6.61 Å². The average molecular weight is 383 g/mol. The van der Waals surface area contributed by atoms with Crippen molar-refractivity contribution in [3.05, 3.63) is 34.3 Å². The topological polar surface area (TPSA) is 75.7 Å². The molecule has 1 N–H and O–H groups in total. The molecule has 1 fully saturated rings. The molecule has 1 aromatic rings. The average Bonchev–Trinajstić information content (AvgIpc) is 3.07. The Hall–Kier alpha value is -1.89. The molecule has 0 aliphatic carbocycles. The third-order valence-corrected chi connectivity index (χ3v) is 4.13. The maximum Gasteiger partial charge on any atom is 0.328 e. The second-order valence-electron chi connectivity index (χ2n) is 5.40. The van der Waals surface area contributed by atoms with E-state index in [1.807, 2.05) is 0 Å². The number of carbonyl (C=O) groups is 3. The van der Waals surface area contributed by atoms with E-state index < -0.39 is 12.0 Å². The van der Waals surface area contributed by atoms with Gasteiger partial charge in [0.2, 0.25) is 0 Å². The summed E-state index contributed by atoms with van der Waals surface area (Å²) >= 11 is 3.29. The predicted octanol–water partition coefficient (Wildman–Crippen LogP) is 1.73. The fourth-order valence-electron chi connectivity index (χ4n) is 2.26. The second kappa shape index (κ2) is 8.10. The van der Waals surface area contributed by atoms with Gasteiger partial charge in [0.1, 0.15) is 6.04 Å². The first kappa shape index (κ1) is 17.5. The van der Waals surface area contributed by atoms with Crippen LogP contribution in [0.15, 0.2) is 28.7 Å². The van der Waals surface area contributed by atoms with Crippen molar-refractivity contribution in [1.29, 1.82) is 0 Å². The number of ether oxygens (including phenoxy) is 1. The zero-order valence-corrected chi connectivity index (χ0v) is 14.5. The Morgan fingerprint density at radius 2 is 1.83 bits per heavy atom. The number of benzene rings is 1. The molecule has 1 aliphatic rings. The van der Waals surface area contributed by atoms with Crippen molar-refractivity contribution in [1.82, 2.24) is 10.2 Å². The van der Waals surface area contributed by atoms with Gasteiger partial charge in [-0.15, -0.1) is 0 Å². The lowest BCUT2D eigenvalue weighted by Gasteiger charge is -2.17. The summed E-state index contributed by atoms with van der Waals surface area (Å²) in [6.07, 6.45) is 1.97. The van der Waals surface area contributed by atoms with E-state index in [0.717, 1.165) is 17.3 Å². The van der Waals surface area contributed by atoms with Gasteiger partial charge in [-0.25, -0.2) is 4.79 Å². The van der Waals surface area contributed by atoms with Crippen LogP contribution in [-0.2, 0) is 14.3 Å². The number of rotatable bonds is 5. The largest absolute Gasteiger partial charge is 0.454 e. The highest BCUT2D eigenvalue weighted by molar-refractivity contribution is 9.10. The Bertz CT molecular complexity index is 582. The van der Waals surface area contributed by atoms with Gasteiger partial charge in [-0.2, -0.15) is 0 Å². The van der Waals surface area contributed by atoms with Crippen molar-refractivity contribution >= 4 is 33.7 Å². The van der Waals surface area contributed by atoms with E-state index >= 15 is 0 Å². The first-order chi connectivity index (χ1) is 11.0. The third kappa shape index (κ3) is 5.06. The number of esters is 1. The summed E-state index contributed by atoms with van der Waals surface area (Å²) < 4.78 is 5.84. The quantitative estimate of drug-likeness (QED) is 0.786. The SMILES string of the molecule is C[C@H](NC(=O)c1ccc(Br)cc1)C(=O)OCC(=O)N1CCCC1. The molecule has 0 unspecified atom stereocenters. The van der Waals surface area contributed by atoms with E-state index in [9.17, 15) is 14.4 Å². The molecule has 7 heteroatoms. The van der Waals surface area contributed by atoms with Crippen LogP contribution in [0.1, 0.15) is 30.1 Å². The number of carbonyl (C=O) groups excluding carboxylic acids is 3. The fourth-order valence-corrected chi connectivity index (χ4v) is 2.52. The van der Waals surface area contributed by atoms with E-state index in [-0.39, 0.29) is 18.4 Å². The van der Waals surface area contributed by atoms with E-state index in [1.165, 1.54) is 6.92 Å². The molecule has 124 valence electrons. The Morgan fingerprint density at radius 1 is 1.22 bits per heavy atom. The number of halogens is 1. The third-order valence-electron chi connectivity index (χ3n) is 3.60. The predicted molar refractivity (Wildman–Crippen MR) is 87.8 cm³/mol. The summed E-state index contributed by atoms with van der Waals surface area (Å²) in [5.74, 6) is -1.18. The molecule has 6 nitrogen and oxygen atoms in total. The zero-order valence-electron chi connectivity index (χ0n) is 12.9. The van der Waals surface area contributed by atoms with Crippen LogP contribution in [0.25, 0.3) is 0 Å². The number of nitrogens with zero attached hydrogens (tertiary/aromatic N) is 1. The van der Waals surface area contributed by atoms with Crippen LogP contribution in [-0.4, -0.2) is 48.4 Å². The molecule has 1 aliphatic heterocycles. The van der Waals surface area contributed by atoms with E-state index in [0.29, 0.717) is 18.7 Å². The number of hydrogen-bond acceptors (Lipinski definition) is 4. The van der Waals surface area contributed by atoms with Crippen molar-refractivity contribution in [2.24, 2.45) is 0 Å². The highest BCUT2D eigenvalue weighted by Gasteiger charge is 2.22. The van der Waals surface area contributed by atoms with Gasteiger partial charge in [0, 0.05) is 23.1 Å². The molecule has 0 radical (unpaired) electrons. The van der Waals surface area contributed by atoms with Crippen molar-refractivity contribution in [3.8, 4) is 0 Å². The second-order valence-corrected chi connectivity index (χ2v) is 6.31. The Kier molecular flexibility index (Phi) is 6.15. The summed E-state index contributed by atoms with van der Waals surface area (Å²) in [6, 6.07) is 5.96. The zero-order chi connectivity index (χ0) is 16.8. The monoisotopic (exact) mass is 382 g/mol. The molecule has 0 saturated carbocycles. The van der Waals surface area contributed by atoms with E-state index in [4.69, 9.17) is 4.74 Å². The molecule has 1 aromatic carbocycles. The molecule has 1 heterocycles. The van der Waals surface area contributed by atoms with Gasteiger partial charge in [-0.3, -0.25) is 9.59 Å². The van der Waals surface area contributed by atoms with Crippen molar-refractivity contribution < 1.29 is 19.1 Å². The van der Waals surface area contributed by atoms with Gasteiger partial charge >= 0.3 is 5.97 Å². The van der Waals surface area contributed by atoms with Crippen LogP contribution in [0.4, 0.5) is 0 Å². The molecule has 2 rings (SSSR count). The fraction of sp³-hybridized carbons (Fsp3) is 0.438. The maximum absolute atomic E-state index is 12.0. The normalized spacial score (nSPS) is 15.1. The van der Waals surface area contributed by atoms with Gasteiger partial charge in [0.05, 0.1) is 0 Å². The number of hydrogen-bond donors (Lipinski definition) is 1. The molecule has 0 aromatic heterocycles. The number of amides is 2. The van der Waals surface area contributed by atoms with Crippen LogP contribution in [0, 0.1) is 0 Å². The van der Waals surface area contributed by atoms with E-state index in [1.54, 1.807) is 29.2 Å². The highest BCUT2D eigenvalue weighted by atomic mass is 79.9. The lowest BCUT2D eigenvalue weighted by Crippen LogP contribution is -2.41. The van der Waals surface area contributed by atoms with Crippen LogP contribution in [0.2, 0.25) is 0 Å². The molecule has 1 atom stereocenters. The minimum Gasteiger partial charge on any atom is -0.454 e. The van der Waals surface area contributed by atoms with Crippen molar-refractivity contribution in [2.45, 2.75) is 25.8 Å². The first-order valence-corrected chi connectivity index (χ1v) is 8.27. The smallest absolute Gasteiger partial charge is 0.328 e. The molecular formula is C16H19BrN2O4. The van der Waals surface area contributed by atoms with Crippen molar-refractivity contribution in [3.63, 3.8) is 0 Å². The van der Waals surface area contributed by atoms with Crippen LogP contribution in [0.3, 0.4) is 0 Å². The lowest BCUT2D eigenvalue weighted by atomic mass is 10.2. The Balaban J connectivity index is 1.78. The first-order valence-electron chi connectivity index (χ1n) is 7.48. The highest BCUT2D eigenvalue weighted by Crippen LogP contribution is 2.11. The van der Waals surface area contributed by atoms with Crippen LogP contribution in [0.5, 0.6) is 0 Å². The summed E-state index contributed by atoms with van der Waals surface area (Å²) in [4.78, 5) is 37.4. The Morgan fingerprint density at radius 3 is 2.43 bits per heavy atom. The van der Waals surface area contributed by atoms with Crippen LogP contribution < -0.4 is 5.32 Å². The van der Waals surface area contributed by atoms with Gasteiger partial charge in [-0.1, -0.05) is 15.9 Å². The standard InChI is InChI=1S/C16H19BrN2O4/c1-11(18-15(21)12-4-6-13(17)7-5-12)16(22)23-10-14(20)19-8-2-3-9-19/h4-7,11H,2-3,8-10H2,1H3,(H,18,21)/t11-/m0/s1. The minimum atomic E-state index is -0.822. The maximum atomic E-state index is 12.0. The van der Waals surface area contributed by atoms with Gasteiger partial charge in [0.25, 0.3) is 11.8 Å². The van der Waals surface area contributed by atoms with E-state index in [2.05, 4.69) is 21.2 Å². The summed E-state index contributed by atoms with van der Waals surface area (Å²) in [6.45, 7) is 2.68. The van der Waals surface area contributed by atoms with Gasteiger partial charge < -0.3 is 15.0 Å². The molecule has 0 bridgehead atoms. The minimum absolute atomic E-state index is 0.192. The van der Waals surface area contributed by atoms with Crippen LogP contribution >= 0.6 is 15.9 Å². The summed E-state index contributed by atoms with van der Waals surface area (Å²) in [5, 5.41) is 2.55. The molecule has 23 heavy (non-hydrogen) atoms. The molecule has 2 amide bonds.